The van der Waals surface area contributed by atoms with Crippen LogP contribution in [0.4, 0.5) is 4.79 Å². The normalized spacial score (nSPS) is 10.2. The van der Waals surface area contributed by atoms with E-state index in [1.54, 1.807) is 30.3 Å². The van der Waals surface area contributed by atoms with Gasteiger partial charge < -0.3 is 35.2 Å². The predicted molar refractivity (Wildman–Crippen MR) is 71.2 cm³/mol. The Morgan fingerprint density at radius 2 is 1.64 bits per heavy atom. The van der Waals surface area contributed by atoms with E-state index in [9.17, 15) is 29.4 Å². The van der Waals surface area contributed by atoms with Gasteiger partial charge in [-0.3, -0.25) is 4.79 Å². The van der Waals surface area contributed by atoms with Gasteiger partial charge in [-0.15, -0.1) is 0 Å². The maximum Gasteiger partial charge on any atom is 1.00 e. The molecule has 25 heavy (non-hydrogen) atoms. The van der Waals surface area contributed by atoms with Crippen LogP contribution in [0.15, 0.2) is 30.3 Å². The average Bonchev–Trinajstić information content (AvgIpc) is 2.52. The first-order valence-corrected chi connectivity index (χ1v) is 6.57. The van der Waals surface area contributed by atoms with Crippen LogP contribution in [0.3, 0.4) is 0 Å². The molecule has 0 fully saturated rings. The number of alkyl carbamates (subject to hydrolysis) is 1. The van der Waals surface area contributed by atoms with Gasteiger partial charge in [-0.1, -0.05) is 30.3 Å². The molecule has 0 saturated heterocycles. The fourth-order valence-electron chi connectivity index (χ4n) is 1.56. The summed E-state index contributed by atoms with van der Waals surface area (Å²) in [5, 5.41) is 25.0. The maximum atomic E-state index is 11.5. The summed E-state index contributed by atoms with van der Waals surface area (Å²) in [5.74, 6) is -4.91. The van der Waals surface area contributed by atoms with Gasteiger partial charge in [0.25, 0.3) is 5.91 Å². The van der Waals surface area contributed by atoms with Crippen molar-refractivity contribution in [1.29, 1.82) is 0 Å². The zero-order chi connectivity index (χ0) is 17.2. The predicted octanol–water partition coefficient (Wildman–Crippen LogP) is -8.70. The number of aliphatic carboxylic acids is 2. The standard InChI is InChI=1S/C14H16N2O7.2Li/c17-11(13(20)21)15-7-6-10(12(18)19)16-14(22)23-8-9-4-2-1-3-5-9;;/h1-5,10H,6-8H2,(H,15,17)(H,16,22)(H,18,19)(H,20,21);;/q;2*+1/p-2/t10-;;/m0../s1. The van der Waals surface area contributed by atoms with Crippen molar-refractivity contribution in [3.8, 4) is 0 Å². The molecule has 0 aliphatic heterocycles. The molecule has 0 aromatic heterocycles. The van der Waals surface area contributed by atoms with E-state index in [0.717, 1.165) is 0 Å². The van der Waals surface area contributed by atoms with Gasteiger partial charge in [0.05, 0.1) is 12.0 Å². The molecule has 0 heterocycles. The van der Waals surface area contributed by atoms with Crippen LogP contribution in [0.1, 0.15) is 12.0 Å². The van der Waals surface area contributed by atoms with Crippen LogP contribution in [0.2, 0.25) is 0 Å². The number of carbonyl (C=O) groups excluding carboxylic acids is 4. The molecule has 1 aromatic carbocycles. The quantitative estimate of drug-likeness (QED) is 0.371. The van der Waals surface area contributed by atoms with Crippen molar-refractivity contribution in [3.05, 3.63) is 35.9 Å². The van der Waals surface area contributed by atoms with E-state index in [2.05, 4.69) is 5.32 Å². The van der Waals surface area contributed by atoms with Crippen molar-refractivity contribution in [1.82, 2.24) is 10.6 Å². The van der Waals surface area contributed by atoms with E-state index in [1.807, 2.05) is 5.32 Å². The zero-order valence-corrected chi connectivity index (χ0v) is 13.9. The monoisotopic (exact) mass is 336 g/mol. The minimum Gasteiger partial charge on any atom is -0.548 e. The van der Waals surface area contributed by atoms with Gasteiger partial charge in [-0.25, -0.2) is 4.79 Å². The number of carboxylic acid groups (broad SMARTS) is 2. The van der Waals surface area contributed by atoms with Crippen LogP contribution in [0, 0.1) is 0 Å². The molecule has 1 atom stereocenters. The summed E-state index contributed by atoms with van der Waals surface area (Å²) in [6.45, 7) is -0.349. The molecular formula is C14H14Li2N2O7. The van der Waals surface area contributed by atoms with E-state index >= 15 is 0 Å². The van der Waals surface area contributed by atoms with Gasteiger partial charge in [0.2, 0.25) is 0 Å². The fraction of sp³-hybridized carbons (Fsp3) is 0.286. The van der Waals surface area contributed by atoms with Gasteiger partial charge in [0.15, 0.2) is 0 Å². The number of hydrogen-bond donors (Lipinski definition) is 2. The first-order valence-electron chi connectivity index (χ1n) is 6.57. The molecule has 1 rings (SSSR count). The van der Waals surface area contributed by atoms with Crippen molar-refractivity contribution in [2.24, 2.45) is 0 Å². The van der Waals surface area contributed by atoms with Crippen LogP contribution in [0.25, 0.3) is 0 Å². The van der Waals surface area contributed by atoms with Crippen LogP contribution in [-0.2, 0) is 25.7 Å². The molecule has 2 amide bonds. The Morgan fingerprint density at radius 3 is 2.16 bits per heavy atom. The summed E-state index contributed by atoms with van der Waals surface area (Å²) in [6, 6.07) is 7.29. The molecule has 0 aliphatic rings. The van der Waals surface area contributed by atoms with Gasteiger partial charge in [0, 0.05) is 6.54 Å². The van der Waals surface area contributed by atoms with Crippen molar-refractivity contribution >= 4 is 23.9 Å². The average molecular weight is 336 g/mol. The van der Waals surface area contributed by atoms with E-state index in [0.29, 0.717) is 5.56 Å². The molecule has 0 saturated carbocycles. The Hall–Kier alpha value is -1.91. The van der Waals surface area contributed by atoms with Crippen molar-refractivity contribution in [2.45, 2.75) is 19.1 Å². The number of amides is 2. The van der Waals surface area contributed by atoms with E-state index in [1.165, 1.54) is 0 Å². The van der Waals surface area contributed by atoms with Crippen LogP contribution < -0.4 is 58.6 Å². The zero-order valence-electron chi connectivity index (χ0n) is 13.9. The number of carboxylic acids is 2. The van der Waals surface area contributed by atoms with Crippen molar-refractivity contribution < 1.29 is 71.8 Å². The fourth-order valence-corrected chi connectivity index (χ4v) is 1.56. The van der Waals surface area contributed by atoms with Crippen LogP contribution in [0.5, 0.6) is 0 Å². The number of ether oxygens (including phenoxy) is 1. The molecule has 0 bridgehead atoms. The molecule has 9 nitrogen and oxygen atoms in total. The Labute approximate surface area is 167 Å². The smallest absolute Gasteiger partial charge is 0.548 e. The summed E-state index contributed by atoms with van der Waals surface area (Å²) in [4.78, 5) is 43.3. The van der Waals surface area contributed by atoms with E-state index < -0.39 is 30.0 Å². The topological polar surface area (TPSA) is 148 Å². The Kier molecular flexibility index (Phi) is 13.6. The number of nitrogens with one attached hydrogen (secondary N) is 2. The first kappa shape index (κ1) is 25.3. The first-order chi connectivity index (χ1) is 10.9. The molecule has 124 valence electrons. The SMILES string of the molecule is O=C(N[C@@H](CCNC(=O)C(=O)[O-])C(=O)[O-])OCc1ccccc1.[Li+].[Li+]. The van der Waals surface area contributed by atoms with Crippen molar-refractivity contribution in [2.75, 3.05) is 6.54 Å². The molecule has 0 radical (unpaired) electrons. The molecule has 2 N–H and O–H groups in total. The summed E-state index contributed by atoms with van der Waals surface area (Å²) in [5.41, 5.74) is 0.717. The number of rotatable bonds is 7. The molecular weight excluding hydrogens is 322 g/mol. The maximum absolute atomic E-state index is 11.5. The van der Waals surface area contributed by atoms with Gasteiger partial charge >= 0.3 is 43.8 Å². The van der Waals surface area contributed by atoms with E-state index in [4.69, 9.17) is 4.74 Å². The largest absolute Gasteiger partial charge is 1.00 e. The number of benzene rings is 1. The third kappa shape index (κ3) is 10.5. The summed E-state index contributed by atoms with van der Waals surface area (Å²) < 4.78 is 4.84. The molecule has 11 heteroatoms. The van der Waals surface area contributed by atoms with Crippen molar-refractivity contribution in [3.63, 3.8) is 0 Å². The molecule has 0 spiro atoms. The minimum absolute atomic E-state index is 0. The number of hydrogen-bond acceptors (Lipinski definition) is 7. The van der Waals surface area contributed by atoms with E-state index in [-0.39, 0.29) is 57.3 Å². The Morgan fingerprint density at radius 1 is 1.04 bits per heavy atom. The second-order valence-corrected chi connectivity index (χ2v) is 4.41. The van der Waals surface area contributed by atoms with Gasteiger partial charge in [-0.2, -0.15) is 0 Å². The third-order valence-electron chi connectivity index (χ3n) is 2.69. The molecule has 0 unspecified atom stereocenters. The summed E-state index contributed by atoms with van der Waals surface area (Å²) in [7, 11) is 0. The third-order valence-corrected chi connectivity index (χ3v) is 2.69. The summed E-state index contributed by atoms with van der Waals surface area (Å²) >= 11 is 0. The summed E-state index contributed by atoms with van der Waals surface area (Å²) in [6.07, 6.45) is -1.25. The van der Waals surface area contributed by atoms with Crippen LogP contribution in [-0.4, -0.2) is 36.5 Å². The second-order valence-electron chi connectivity index (χ2n) is 4.41. The minimum atomic E-state index is -1.94. The Bertz CT molecular complexity index is 584. The molecule has 1 aromatic rings. The van der Waals surface area contributed by atoms with Gasteiger partial charge in [-0.05, 0) is 12.0 Å². The van der Waals surface area contributed by atoms with Crippen LogP contribution >= 0.6 is 0 Å². The van der Waals surface area contributed by atoms with Gasteiger partial charge in [0.1, 0.15) is 12.6 Å². The molecule has 0 aliphatic carbocycles. The second kappa shape index (κ2) is 13.4. The number of carbonyl (C=O) groups is 4. The Balaban J connectivity index is 0.